The molecule has 0 bridgehead atoms. The van der Waals surface area contributed by atoms with Crippen LogP contribution in [-0.4, -0.2) is 29.3 Å². The van der Waals surface area contributed by atoms with Crippen molar-refractivity contribution in [2.75, 3.05) is 13.4 Å². The number of nitrogens with zero attached hydrogens (tertiary/aromatic N) is 3. The number of halogens is 3. The van der Waals surface area contributed by atoms with Crippen molar-refractivity contribution in [3.63, 3.8) is 0 Å². The predicted molar refractivity (Wildman–Crippen MR) is 153 cm³/mol. The van der Waals surface area contributed by atoms with E-state index in [1.54, 1.807) is 24.4 Å². The molecule has 4 aromatic rings. The van der Waals surface area contributed by atoms with E-state index in [0.29, 0.717) is 67.8 Å². The Balaban J connectivity index is 1.48. The molecule has 3 aromatic carbocycles. The van der Waals surface area contributed by atoms with Crippen LogP contribution < -0.4 is 24.5 Å². The molecule has 5 rings (SSSR count). The van der Waals surface area contributed by atoms with Crippen LogP contribution in [0.1, 0.15) is 30.8 Å². The standard InChI is InChI=1S/C27H22Br2ClN3O5/c1-3-23-32-19-7-6-17(28)11-18(19)27(34)33(23)31-12-16-10-22(35-4-2)26(25(30)24(16)29)36-13-15-5-8-20-21(9-15)38-14-37-20/h5-12H,3-4,13-14H2,1-2H3. The fraction of sp³-hybridized carbons (Fsp3) is 0.222. The minimum atomic E-state index is -0.264. The molecule has 1 aromatic heterocycles. The van der Waals surface area contributed by atoms with Gasteiger partial charge in [0, 0.05) is 20.9 Å². The Morgan fingerprint density at radius 1 is 1.11 bits per heavy atom. The number of benzene rings is 3. The predicted octanol–water partition coefficient (Wildman–Crippen LogP) is 6.73. The number of hydrogen-bond donors (Lipinski definition) is 0. The van der Waals surface area contributed by atoms with Crippen LogP contribution >= 0.6 is 43.5 Å². The molecule has 0 amide bonds. The lowest BCUT2D eigenvalue weighted by atomic mass is 10.2. The van der Waals surface area contributed by atoms with Gasteiger partial charge < -0.3 is 18.9 Å². The smallest absolute Gasteiger partial charge is 0.282 e. The summed E-state index contributed by atoms with van der Waals surface area (Å²) in [6.45, 7) is 4.64. The SMILES string of the molecule is CCOc1cc(C=Nn2c(CC)nc3ccc(Br)cc3c2=O)c(Br)c(Cl)c1OCc1ccc2c(c1)OCO2. The first kappa shape index (κ1) is 26.5. The second kappa shape index (κ2) is 11.3. The summed E-state index contributed by atoms with van der Waals surface area (Å²) in [5, 5.41) is 5.26. The average Bonchev–Trinajstić information content (AvgIpc) is 3.39. The molecule has 0 unspecified atom stereocenters. The molecule has 0 fully saturated rings. The van der Waals surface area contributed by atoms with E-state index >= 15 is 0 Å². The minimum absolute atomic E-state index is 0.203. The van der Waals surface area contributed by atoms with Crippen LogP contribution in [0.5, 0.6) is 23.0 Å². The van der Waals surface area contributed by atoms with Crippen molar-refractivity contribution in [2.45, 2.75) is 26.9 Å². The van der Waals surface area contributed by atoms with Gasteiger partial charge in [0.25, 0.3) is 5.56 Å². The number of hydrogen-bond acceptors (Lipinski definition) is 7. The van der Waals surface area contributed by atoms with E-state index in [1.807, 2.05) is 38.1 Å². The van der Waals surface area contributed by atoms with E-state index in [9.17, 15) is 4.79 Å². The molecule has 1 aliphatic heterocycles. The van der Waals surface area contributed by atoms with Crippen molar-refractivity contribution in [3.8, 4) is 23.0 Å². The monoisotopic (exact) mass is 661 g/mol. The zero-order valence-corrected chi connectivity index (χ0v) is 24.4. The highest BCUT2D eigenvalue weighted by atomic mass is 79.9. The van der Waals surface area contributed by atoms with Crippen LogP contribution in [0, 0.1) is 0 Å². The van der Waals surface area contributed by atoms with Crippen LogP contribution in [0.2, 0.25) is 5.02 Å². The zero-order chi connectivity index (χ0) is 26.8. The van der Waals surface area contributed by atoms with Crippen molar-refractivity contribution in [2.24, 2.45) is 5.10 Å². The van der Waals surface area contributed by atoms with Gasteiger partial charge >= 0.3 is 0 Å². The van der Waals surface area contributed by atoms with Crippen LogP contribution in [-0.2, 0) is 13.0 Å². The molecule has 0 saturated carbocycles. The number of aryl methyl sites for hydroxylation is 1. The lowest BCUT2D eigenvalue weighted by molar-refractivity contribution is 0.174. The van der Waals surface area contributed by atoms with E-state index in [-0.39, 0.29) is 19.0 Å². The van der Waals surface area contributed by atoms with Gasteiger partial charge in [-0.15, -0.1) is 0 Å². The second-order valence-corrected chi connectivity index (χ2v) is 10.3. The Hall–Kier alpha value is -3.08. The van der Waals surface area contributed by atoms with Crippen molar-refractivity contribution < 1.29 is 18.9 Å². The lowest BCUT2D eigenvalue weighted by Crippen LogP contribution is -2.22. The normalized spacial score (nSPS) is 12.4. The largest absolute Gasteiger partial charge is 0.490 e. The van der Waals surface area contributed by atoms with Gasteiger partial charge in [-0.3, -0.25) is 4.79 Å². The molecule has 196 valence electrons. The highest BCUT2D eigenvalue weighted by Gasteiger charge is 2.19. The third-order valence-electron chi connectivity index (χ3n) is 5.78. The third kappa shape index (κ3) is 5.25. The van der Waals surface area contributed by atoms with Crippen LogP contribution in [0.15, 0.2) is 61.3 Å². The van der Waals surface area contributed by atoms with Crippen molar-refractivity contribution in [1.29, 1.82) is 0 Å². The molecule has 0 N–H and O–H groups in total. The quantitative estimate of drug-likeness (QED) is 0.195. The van der Waals surface area contributed by atoms with Gasteiger partial charge in [-0.2, -0.15) is 9.78 Å². The molecular weight excluding hydrogens is 642 g/mol. The van der Waals surface area contributed by atoms with Crippen LogP contribution in [0.3, 0.4) is 0 Å². The Labute approximate surface area is 240 Å². The molecule has 0 aliphatic carbocycles. The molecule has 0 atom stereocenters. The lowest BCUT2D eigenvalue weighted by Gasteiger charge is -2.16. The molecule has 2 heterocycles. The maximum atomic E-state index is 13.2. The molecular formula is C27H22Br2ClN3O5. The second-order valence-electron chi connectivity index (χ2n) is 8.23. The number of rotatable bonds is 8. The van der Waals surface area contributed by atoms with Gasteiger partial charge in [-0.1, -0.05) is 40.5 Å². The number of aromatic nitrogens is 2. The average molecular weight is 664 g/mol. The first-order chi connectivity index (χ1) is 18.4. The summed E-state index contributed by atoms with van der Waals surface area (Å²) >= 11 is 13.7. The van der Waals surface area contributed by atoms with E-state index in [4.69, 9.17) is 30.5 Å². The van der Waals surface area contributed by atoms with E-state index in [2.05, 4.69) is 41.9 Å². The van der Waals surface area contributed by atoms with E-state index in [1.165, 1.54) is 4.68 Å². The summed E-state index contributed by atoms with van der Waals surface area (Å²) in [6.07, 6.45) is 2.07. The first-order valence-corrected chi connectivity index (χ1v) is 13.8. The Morgan fingerprint density at radius 2 is 1.92 bits per heavy atom. The van der Waals surface area contributed by atoms with Gasteiger partial charge in [-0.05, 0) is 64.8 Å². The van der Waals surface area contributed by atoms with Crippen LogP contribution in [0.4, 0.5) is 0 Å². The van der Waals surface area contributed by atoms with Gasteiger partial charge in [0.15, 0.2) is 23.0 Å². The fourth-order valence-corrected chi connectivity index (χ4v) is 4.96. The van der Waals surface area contributed by atoms with Crippen molar-refractivity contribution in [3.05, 3.63) is 83.7 Å². The molecule has 1 aliphatic rings. The summed E-state index contributed by atoms with van der Waals surface area (Å²) in [5.74, 6) is 2.75. The summed E-state index contributed by atoms with van der Waals surface area (Å²) in [6, 6.07) is 12.8. The summed E-state index contributed by atoms with van der Waals surface area (Å²) in [5.41, 5.74) is 1.85. The molecule has 11 heteroatoms. The number of ether oxygens (including phenoxy) is 4. The highest BCUT2D eigenvalue weighted by molar-refractivity contribution is 9.10. The van der Waals surface area contributed by atoms with Crippen LogP contribution in [0.25, 0.3) is 10.9 Å². The topological polar surface area (TPSA) is 84.2 Å². The van der Waals surface area contributed by atoms with E-state index < -0.39 is 0 Å². The molecule has 0 spiro atoms. The van der Waals surface area contributed by atoms with Crippen molar-refractivity contribution >= 4 is 60.6 Å². The Kier molecular flexibility index (Phi) is 7.92. The highest BCUT2D eigenvalue weighted by Crippen LogP contribution is 2.43. The van der Waals surface area contributed by atoms with Crippen molar-refractivity contribution in [1.82, 2.24) is 9.66 Å². The maximum Gasteiger partial charge on any atom is 0.282 e. The molecule has 8 nitrogen and oxygen atoms in total. The minimum Gasteiger partial charge on any atom is -0.490 e. The number of fused-ring (bicyclic) bond motifs is 2. The van der Waals surface area contributed by atoms with Gasteiger partial charge in [0.2, 0.25) is 6.79 Å². The Bertz CT molecular complexity index is 1620. The first-order valence-electron chi connectivity index (χ1n) is 11.8. The Morgan fingerprint density at radius 3 is 2.71 bits per heavy atom. The summed E-state index contributed by atoms with van der Waals surface area (Å²) < 4.78 is 25.4. The summed E-state index contributed by atoms with van der Waals surface area (Å²) in [4.78, 5) is 17.8. The maximum absolute atomic E-state index is 13.2. The fourth-order valence-electron chi connectivity index (χ4n) is 3.94. The molecule has 38 heavy (non-hydrogen) atoms. The molecule has 0 saturated heterocycles. The third-order valence-corrected chi connectivity index (χ3v) is 7.72. The zero-order valence-electron chi connectivity index (χ0n) is 20.5. The summed E-state index contributed by atoms with van der Waals surface area (Å²) in [7, 11) is 0. The van der Waals surface area contributed by atoms with Gasteiger partial charge in [-0.25, -0.2) is 4.98 Å². The van der Waals surface area contributed by atoms with E-state index in [0.717, 1.165) is 10.0 Å². The van der Waals surface area contributed by atoms with Gasteiger partial charge in [0.05, 0.1) is 23.7 Å². The molecule has 0 radical (unpaired) electrons. The van der Waals surface area contributed by atoms with Gasteiger partial charge in [0.1, 0.15) is 17.5 Å².